The topological polar surface area (TPSA) is 180 Å². The fourth-order valence-electron chi connectivity index (χ4n) is 7.55. The monoisotopic (exact) mass is 757 g/mol. The molecule has 4 aliphatic rings. The standard InChI is InChI=1S/C38H47N9O6S/c48-29(9-4-5-11-32-33-31(25-54-32)40-35(50)41-33)10-6-21-53-22-20-46-24-30(43-44-46)27-12-14-28(15-13-27)39-36(51)45-18-16-38(17-19-45)34(49)47(37(52)42-38)23-26-7-2-1-3-8-26/h1-3,7-8,12-15,24,31-33H,4-6,9-11,16-23,25H2,(H,39,51)(H,42,52)(H2,40,41,50)/t31-,32-,33-/m0/s1. The zero-order valence-corrected chi connectivity index (χ0v) is 31.0. The molecule has 0 saturated carbocycles. The molecule has 286 valence electrons. The molecule has 1 spiro atoms. The Bertz CT molecular complexity index is 1810. The smallest absolute Gasteiger partial charge is 0.325 e. The Balaban J connectivity index is 0.760. The summed E-state index contributed by atoms with van der Waals surface area (Å²) in [6.07, 6.45) is 7.21. The van der Waals surface area contributed by atoms with Crippen LogP contribution < -0.4 is 21.3 Å². The summed E-state index contributed by atoms with van der Waals surface area (Å²) >= 11 is 1.91. The molecule has 4 aliphatic heterocycles. The number of anilines is 1. The van der Waals surface area contributed by atoms with E-state index in [1.807, 2.05) is 72.6 Å². The van der Waals surface area contributed by atoms with E-state index in [-0.39, 0.29) is 42.4 Å². The largest absolute Gasteiger partial charge is 0.380 e. The van der Waals surface area contributed by atoms with Gasteiger partial charge in [0.05, 0.1) is 38.0 Å². The van der Waals surface area contributed by atoms with Crippen molar-refractivity contribution in [2.75, 3.05) is 37.4 Å². The van der Waals surface area contributed by atoms with Crippen molar-refractivity contribution < 1.29 is 28.7 Å². The number of hydrogen-bond donors (Lipinski definition) is 4. The second kappa shape index (κ2) is 17.0. The van der Waals surface area contributed by atoms with E-state index in [9.17, 15) is 24.0 Å². The third-order valence-corrected chi connectivity index (χ3v) is 12.2. The summed E-state index contributed by atoms with van der Waals surface area (Å²) in [5.41, 5.74) is 2.07. The van der Waals surface area contributed by atoms with E-state index in [4.69, 9.17) is 4.74 Å². The first-order valence-corrected chi connectivity index (χ1v) is 19.8. The number of carbonyl (C=O) groups excluding carboxylic acids is 5. The van der Waals surface area contributed by atoms with Crippen LogP contribution in [0, 0.1) is 0 Å². The predicted octanol–water partition coefficient (Wildman–Crippen LogP) is 4.16. The van der Waals surface area contributed by atoms with Crippen molar-refractivity contribution in [3.05, 3.63) is 66.4 Å². The lowest BCUT2D eigenvalue weighted by Gasteiger charge is -2.37. The molecule has 0 radical (unpaired) electrons. The number of aromatic nitrogens is 3. The fraction of sp³-hybridized carbons (Fsp3) is 0.500. The normalized spacial score (nSPS) is 21.6. The zero-order valence-electron chi connectivity index (χ0n) is 30.2. The molecule has 3 aromatic rings. The molecule has 4 fully saturated rings. The summed E-state index contributed by atoms with van der Waals surface area (Å²) in [5.74, 6) is 0.981. The molecule has 16 heteroatoms. The summed E-state index contributed by atoms with van der Waals surface area (Å²) in [5, 5.41) is 20.7. The van der Waals surface area contributed by atoms with Crippen molar-refractivity contribution in [2.45, 2.75) is 87.3 Å². The van der Waals surface area contributed by atoms with Gasteiger partial charge in [-0.05, 0) is 49.8 Å². The van der Waals surface area contributed by atoms with Crippen molar-refractivity contribution >= 4 is 47.2 Å². The number of unbranched alkanes of at least 4 members (excludes halogenated alkanes) is 1. The van der Waals surface area contributed by atoms with Crippen molar-refractivity contribution in [1.82, 2.24) is 40.7 Å². The Morgan fingerprint density at radius 2 is 1.72 bits per heavy atom. The number of likely N-dealkylation sites (tertiary alicyclic amines) is 1. The van der Waals surface area contributed by atoms with E-state index in [0.717, 1.165) is 36.1 Å². The number of nitrogens with zero attached hydrogens (tertiary/aromatic N) is 5. The minimum atomic E-state index is -0.981. The molecule has 4 saturated heterocycles. The number of carbonyl (C=O) groups is 5. The van der Waals surface area contributed by atoms with Crippen LogP contribution in [0.1, 0.15) is 56.9 Å². The van der Waals surface area contributed by atoms with Gasteiger partial charge in [-0.1, -0.05) is 54.1 Å². The average Bonchev–Trinajstić information content (AvgIpc) is 3.94. The number of nitrogens with one attached hydrogen (secondary N) is 4. The maximum Gasteiger partial charge on any atom is 0.325 e. The second-order valence-corrected chi connectivity index (χ2v) is 15.6. The quantitative estimate of drug-likeness (QED) is 0.0949. The maximum absolute atomic E-state index is 13.3. The van der Waals surface area contributed by atoms with Gasteiger partial charge in [-0.3, -0.25) is 14.5 Å². The van der Waals surface area contributed by atoms with Crippen LogP contribution in [-0.4, -0.2) is 110 Å². The van der Waals surface area contributed by atoms with E-state index in [1.165, 1.54) is 4.90 Å². The molecule has 3 atom stereocenters. The molecule has 7 rings (SSSR count). The number of thioether (sulfide) groups is 1. The molecule has 4 N–H and O–H groups in total. The second-order valence-electron chi connectivity index (χ2n) is 14.4. The summed E-state index contributed by atoms with van der Waals surface area (Å²) < 4.78 is 7.46. The third-order valence-electron chi connectivity index (χ3n) is 10.6. The van der Waals surface area contributed by atoms with Gasteiger partial charge in [-0.15, -0.1) is 5.10 Å². The highest BCUT2D eigenvalue weighted by Crippen LogP contribution is 2.34. The number of imide groups is 1. The Morgan fingerprint density at radius 1 is 0.944 bits per heavy atom. The van der Waals surface area contributed by atoms with Crippen molar-refractivity contribution in [3.63, 3.8) is 0 Å². The minimum absolute atomic E-state index is 0.0634. The number of fused-ring (bicyclic) bond motifs is 1. The van der Waals surface area contributed by atoms with Crippen LogP contribution in [0.15, 0.2) is 60.8 Å². The maximum atomic E-state index is 13.3. The van der Waals surface area contributed by atoms with Gasteiger partial charge in [-0.25, -0.2) is 19.1 Å². The number of urea groups is 3. The highest BCUT2D eigenvalue weighted by Gasteiger charge is 2.52. The van der Waals surface area contributed by atoms with Crippen LogP contribution in [0.25, 0.3) is 11.3 Å². The van der Waals surface area contributed by atoms with Gasteiger partial charge < -0.3 is 30.9 Å². The van der Waals surface area contributed by atoms with Crippen LogP contribution in [-0.2, 0) is 27.4 Å². The molecule has 0 unspecified atom stereocenters. The van der Waals surface area contributed by atoms with E-state index < -0.39 is 11.6 Å². The lowest BCUT2D eigenvalue weighted by Crippen LogP contribution is -2.56. The third kappa shape index (κ3) is 8.87. The molecule has 5 heterocycles. The molecule has 7 amide bonds. The molecular weight excluding hydrogens is 711 g/mol. The van der Waals surface area contributed by atoms with Crippen LogP contribution in [0.5, 0.6) is 0 Å². The van der Waals surface area contributed by atoms with Gasteiger partial charge >= 0.3 is 18.1 Å². The van der Waals surface area contributed by atoms with Gasteiger partial charge in [0.1, 0.15) is 17.0 Å². The van der Waals surface area contributed by atoms with Crippen LogP contribution >= 0.6 is 11.8 Å². The van der Waals surface area contributed by atoms with Gasteiger partial charge in [-0.2, -0.15) is 11.8 Å². The van der Waals surface area contributed by atoms with E-state index in [2.05, 4.69) is 31.6 Å². The number of Topliss-reactive ketones (excluding diaryl/α,β-unsaturated/α-hetero) is 1. The van der Waals surface area contributed by atoms with Gasteiger partial charge in [0.15, 0.2) is 0 Å². The van der Waals surface area contributed by atoms with Gasteiger partial charge in [0, 0.05) is 54.8 Å². The van der Waals surface area contributed by atoms with E-state index in [0.29, 0.717) is 81.6 Å². The predicted molar refractivity (Wildman–Crippen MR) is 203 cm³/mol. The van der Waals surface area contributed by atoms with E-state index >= 15 is 0 Å². The van der Waals surface area contributed by atoms with Crippen LogP contribution in [0.4, 0.5) is 20.1 Å². The number of hydrogen-bond acceptors (Lipinski definition) is 9. The first kappa shape index (κ1) is 37.4. The SMILES string of the molecule is O=C(CCCC[C@@H]1SC[C@@H]2NC(=O)N[C@@H]21)CCCOCCn1cc(-c2ccc(NC(=O)N3CCC4(CC3)NC(=O)N(Cc3ccccc3)C4=O)cc2)nn1. The Labute approximate surface area is 318 Å². The van der Waals surface area contributed by atoms with Crippen molar-refractivity contribution in [2.24, 2.45) is 0 Å². The Morgan fingerprint density at radius 3 is 2.52 bits per heavy atom. The summed E-state index contributed by atoms with van der Waals surface area (Å²) in [7, 11) is 0. The number of amides is 7. The molecule has 2 aromatic carbocycles. The first-order chi connectivity index (χ1) is 26.3. The van der Waals surface area contributed by atoms with Crippen molar-refractivity contribution in [1.29, 1.82) is 0 Å². The highest BCUT2D eigenvalue weighted by atomic mass is 32.2. The molecule has 15 nitrogen and oxygen atoms in total. The van der Waals surface area contributed by atoms with Crippen molar-refractivity contribution in [3.8, 4) is 11.3 Å². The first-order valence-electron chi connectivity index (χ1n) is 18.8. The summed E-state index contributed by atoms with van der Waals surface area (Å²) in [6, 6.07) is 16.5. The van der Waals surface area contributed by atoms with Gasteiger partial charge in [0.25, 0.3) is 5.91 Å². The van der Waals surface area contributed by atoms with E-state index in [1.54, 1.807) is 9.58 Å². The number of benzene rings is 2. The Kier molecular flexibility index (Phi) is 11.8. The molecule has 0 bridgehead atoms. The average molecular weight is 758 g/mol. The fourth-order valence-corrected chi connectivity index (χ4v) is 9.09. The van der Waals surface area contributed by atoms with Crippen LogP contribution in [0.3, 0.4) is 0 Å². The molecule has 54 heavy (non-hydrogen) atoms. The lowest BCUT2D eigenvalue weighted by molar-refractivity contribution is -0.133. The highest BCUT2D eigenvalue weighted by molar-refractivity contribution is 8.00. The minimum Gasteiger partial charge on any atom is -0.380 e. The zero-order chi connectivity index (χ0) is 37.5. The molecular formula is C38H47N9O6S. The molecule has 0 aliphatic carbocycles. The van der Waals surface area contributed by atoms with Gasteiger partial charge in [0.2, 0.25) is 0 Å². The molecule has 1 aromatic heterocycles. The number of ether oxygens (including phenoxy) is 1. The number of ketones is 1. The summed E-state index contributed by atoms with van der Waals surface area (Å²) in [4.78, 5) is 65.9. The van der Waals surface area contributed by atoms with Crippen LogP contribution in [0.2, 0.25) is 0 Å². The summed E-state index contributed by atoms with van der Waals surface area (Å²) in [6.45, 7) is 2.39. The lowest BCUT2D eigenvalue weighted by atomic mass is 9.87. The number of piperidine rings is 1. The Hall–Kier alpha value is -4.96. The number of rotatable bonds is 16.